The summed E-state index contributed by atoms with van der Waals surface area (Å²) in [5.74, 6) is -1.25. The Bertz CT molecular complexity index is 600. The first-order chi connectivity index (χ1) is 11.1. The highest BCUT2D eigenvalue weighted by atomic mass is 19.1. The number of allylic oxidation sites excluding steroid dienone is 1. The zero-order valence-electron chi connectivity index (χ0n) is 13.4. The number of methoxy groups -OCH3 is 1. The van der Waals surface area contributed by atoms with Crippen LogP contribution in [0.1, 0.15) is 47.5 Å². The number of ether oxygens (including phenoxy) is 1. The molecule has 5 heteroatoms. The molecule has 1 aliphatic rings. The number of halogens is 1. The number of benzene rings is 1. The molecule has 1 unspecified atom stereocenters. The van der Waals surface area contributed by atoms with Gasteiger partial charge in [-0.25, -0.2) is 9.18 Å². The molecule has 0 aromatic heterocycles. The van der Waals surface area contributed by atoms with Gasteiger partial charge in [0.05, 0.1) is 12.7 Å². The maximum absolute atomic E-state index is 14.6. The molecule has 1 aromatic carbocycles. The van der Waals surface area contributed by atoms with Gasteiger partial charge in [-0.15, -0.1) is 6.58 Å². The largest absolute Gasteiger partial charge is 0.465 e. The number of hydrogen-bond acceptors (Lipinski definition) is 3. The number of hydrogen-bond donors (Lipinski definition) is 0. The molecule has 1 aromatic rings. The van der Waals surface area contributed by atoms with Crippen LogP contribution in [-0.2, 0) is 9.53 Å². The molecule has 2 rings (SSSR count). The van der Waals surface area contributed by atoms with E-state index in [1.165, 1.54) is 13.2 Å². The van der Waals surface area contributed by atoms with Crippen LogP contribution in [0.4, 0.5) is 4.39 Å². The summed E-state index contributed by atoms with van der Waals surface area (Å²) < 4.78 is 19.2. The van der Waals surface area contributed by atoms with Gasteiger partial charge in [-0.05, 0) is 30.9 Å². The summed E-state index contributed by atoms with van der Waals surface area (Å²) in [6.07, 6.45) is 4.42. The minimum Gasteiger partial charge on any atom is -0.465 e. The van der Waals surface area contributed by atoms with E-state index < -0.39 is 11.8 Å². The summed E-state index contributed by atoms with van der Waals surface area (Å²) in [4.78, 5) is 25.6. The first-order valence-electron chi connectivity index (χ1n) is 7.83. The summed E-state index contributed by atoms with van der Waals surface area (Å²) in [5.41, 5.74) is 0.425. The van der Waals surface area contributed by atoms with E-state index in [4.69, 9.17) is 0 Å². The lowest BCUT2D eigenvalue weighted by atomic mass is 9.89. The standard InChI is InChI=1S/C18H22FNO3/c1-3-4-10-16(21)20-11-6-7-13(12-20)14-8-5-9-15(17(14)19)18(22)23-2/h3,5,8-9,13H,1,4,6-7,10-12H2,2H3. The van der Waals surface area contributed by atoms with Crippen molar-refractivity contribution in [2.45, 2.75) is 31.6 Å². The number of likely N-dealkylation sites (tertiary alicyclic amines) is 1. The van der Waals surface area contributed by atoms with Gasteiger partial charge in [0.2, 0.25) is 5.91 Å². The number of rotatable bonds is 5. The van der Waals surface area contributed by atoms with Crippen molar-refractivity contribution in [3.63, 3.8) is 0 Å². The average molecular weight is 319 g/mol. The van der Waals surface area contributed by atoms with E-state index in [1.807, 2.05) is 0 Å². The number of carbonyl (C=O) groups is 2. The molecule has 0 N–H and O–H groups in total. The second-order valence-electron chi connectivity index (χ2n) is 5.71. The molecule has 1 fully saturated rings. The topological polar surface area (TPSA) is 46.6 Å². The van der Waals surface area contributed by atoms with Gasteiger partial charge in [0.25, 0.3) is 0 Å². The number of amides is 1. The maximum atomic E-state index is 14.6. The van der Waals surface area contributed by atoms with Gasteiger partial charge in [-0.2, -0.15) is 0 Å². The van der Waals surface area contributed by atoms with E-state index in [9.17, 15) is 14.0 Å². The predicted molar refractivity (Wildman–Crippen MR) is 85.7 cm³/mol. The van der Waals surface area contributed by atoms with Gasteiger partial charge in [-0.3, -0.25) is 4.79 Å². The molecule has 1 heterocycles. The Kier molecular flexibility index (Phi) is 5.90. The van der Waals surface area contributed by atoms with Crippen LogP contribution in [0.2, 0.25) is 0 Å². The molecule has 1 amide bonds. The zero-order valence-corrected chi connectivity index (χ0v) is 13.4. The monoisotopic (exact) mass is 319 g/mol. The van der Waals surface area contributed by atoms with Gasteiger partial charge < -0.3 is 9.64 Å². The summed E-state index contributed by atoms with van der Waals surface area (Å²) in [7, 11) is 1.23. The second-order valence-corrected chi connectivity index (χ2v) is 5.71. The van der Waals surface area contributed by atoms with Crippen molar-refractivity contribution in [3.05, 3.63) is 47.8 Å². The fourth-order valence-corrected chi connectivity index (χ4v) is 2.97. The fourth-order valence-electron chi connectivity index (χ4n) is 2.97. The molecule has 23 heavy (non-hydrogen) atoms. The maximum Gasteiger partial charge on any atom is 0.340 e. The minimum atomic E-state index is -0.681. The van der Waals surface area contributed by atoms with Crippen LogP contribution in [0.25, 0.3) is 0 Å². The van der Waals surface area contributed by atoms with Crippen molar-refractivity contribution in [2.24, 2.45) is 0 Å². The predicted octanol–water partition coefficient (Wildman–Crippen LogP) is 3.28. The molecule has 0 saturated carbocycles. The summed E-state index contributed by atoms with van der Waals surface area (Å²) in [6.45, 7) is 4.80. The van der Waals surface area contributed by atoms with Crippen LogP contribution in [0.15, 0.2) is 30.9 Å². The fraction of sp³-hybridized carbons (Fsp3) is 0.444. The second kappa shape index (κ2) is 7.90. The Morgan fingerprint density at radius 1 is 1.48 bits per heavy atom. The Morgan fingerprint density at radius 3 is 2.96 bits per heavy atom. The van der Waals surface area contributed by atoms with Gasteiger partial charge in [0.15, 0.2) is 0 Å². The van der Waals surface area contributed by atoms with Crippen molar-refractivity contribution in [3.8, 4) is 0 Å². The molecular weight excluding hydrogens is 297 g/mol. The Morgan fingerprint density at radius 2 is 2.26 bits per heavy atom. The zero-order chi connectivity index (χ0) is 16.8. The van der Waals surface area contributed by atoms with Crippen molar-refractivity contribution in [1.82, 2.24) is 4.90 Å². The molecule has 1 aliphatic heterocycles. The SMILES string of the molecule is C=CCCC(=O)N1CCCC(c2cccc(C(=O)OC)c2F)C1. The molecule has 1 atom stereocenters. The average Bonchev–Trinajstić information content (AvgIpc) is 2.59. The van der Waals surface area contributed by atoms with Crippen LogP contribution in [0, 0.1) is 5.82 Å². The van der Waals surface area contributed by atoms with E-state index in [2.05, 4.69) is 11.3 Å². The highest BCUT2D eigenvalue weighted by Gasteiger charge is 2.27. The first-order valence-corrected chi connectivity index (χ1v) is 7.83. The third kappa shape index (κ3) is 3.97. The molecular formula is C18H22FNO3. The van der Waals surface area contributed by atoms with E-state index in [-0.39, 0.29) is 17.4 Å². The van der Waals surface area contributed by atoms with Gasteiger partial charge in [0.1, 0.15) is 5.82 Å². The van der Waals surface area contributed by atoms with Gasteiger partial charge in [-0.1, -0.05) is 18.2 Å². The van der Waals surface area contributed by atoms with Crippen molar-refractivity contribution >= 4 is 11.9 Å². The Hall–Kier alpha value is -2.17. The lowest BCUT2D eigenvalue weighted by Gasteiger charge is -2.33. The molecule has 0 bridgehead atoms. The Labute approximate surface area is 135 Å². The Balaban J connectivity index is 2.17. The number of piperidine rings is 1. The van der Waals surface area contributed by atoms with Gasteiger partial charge >= 0.3 is 5.97 Å². The van der Waals surface area contributed by atoms with E-state index in [0.717, 1.165) is 12.8 Å². The smallest absolute Gasteiger partial charge is 0.340 e. The summed E-state index contributed by atoms with van der Waals surface area (Å²) in [6, 6.07) is 4.76. The molecule has 0 spiro atoms. The number of nitrogens with zero attached hydrogens (tertiary/aromatic N) is 1. The number of esters is 1. The summed E-state index contributed by atoms with van der Waals surface area (Å²) >= 11 is 0. The van der Waals surface area contributed by atoms with Crippen LogP contribution >= 0.6 is 0 Å². The highest BCUT2D eigenvalue weighted by Crippen LogP contribution is 2.30. The first kappa shape index (κ1) is 17.2. The molecule has 124 valence electrons. The minimum absolute atomic E-state index is 0.0555. The van der Waals surface area contributed by atoms with Crippen LogP contribution in [0.3, 0.4) is 0 Å². The van der Waals surface area contributed by atoms with Crippen molar-refractivity contribution in [2.75, 3.05) is 20.2 Å². The lowest BCUT2D eigenvalue weighted by molar-refractivity contribution is -0.132. The third-order valence-electron chi connectivity index (χ3n) is 4.21. The number of carbonyl (C=O) groups excluding carboxylic acids is 2. The van der Waals surface area contributed by atoms with E-state index >= 15 is 0 Å². The molecule has 4 nitrogen and oxygen atoms in total. The van der Waals surface area contributed by atoms with Crippen molar-refractivity contribution in [1.29, 1.82) is 0 Å². The third-order valence-corrected chi connectivity index (χ3v) is 4.21. The van der Waals surface area contributed by atoms with Crippen LogP contribution in [0.5, 0.6) is 0 Å². The summed E-state index contributed by atoms with van der Waals surface area (Å²) in [5, 5.41) is 0. The normalized spacial score (nSPS) is 17.7. The molecule has 0 aliphatic carbocycles. The molecule has 1 saturated heterocycles. The van der Waals surface area contributed by atoms with E-state index in [1.54, 1.807) is 23.1 Å². The van der Waals surface area contributed by atoms with Crippen LogP contribution < -0.4 is 0 Å². The lowest BCUT2D eigenvalue weighted by Crippen LogP contribution is -2.39. The van der Waals surface area contributed by atoms with Gasteiger partial charge in [0, 0.05) is 25.4 Å². The molecule has 0 radical (unpaired) electrons. The quantitative estimate of drug-likeness (QED) is 0.618. The van der Waals surface area contributed by atoms with Crippen LogP contribution in [-0.4, -0.2) is 37.0 Å². The van der Waals surface area contributed by atoms with E-state index in [0.29, 0.717) is 31.5 Å². The van der Waals surface area contributed by atoms with Crippen molar-refractivity contribution < 1.29 is 18.7 Å². The highest BCUT2D eigenvalue weighted by molar-refractivity contribution is 5.89.